The first-order chi connectivity index (χ1) is 11.8. The van der Waals surface area contributed by atoms with Crippen LogP contribution in [0.3, 0.4) is 0 Å². The SMILES string of the molecule is COC(=O)Nc1ccc(S(=O)(=O)N(C)c2cccc(C(=O)O)n2)cc1. The van der Waals surface area contributed by atoms with Crippen molar-refractivity contribution < 1.29 is 27.9 Å². The zero-order valence-corrected chi connectivity index (χ0v) is 14.1. The molecule has 1 aromatic carbocycles. The highest BCUT2D eigenvalue weighted by Gasteiger charge is 2.23. The molecule has 0 saturated carbocycles. The van der Waals surface area contributed by atoms with Crippen LogP contribution in [0.5, 0.6) is 0 Å². The molecule has 132 valence electrons. The van der Waals surface area contributed by atoms with Gasteiger partial charge in [-0.3, -0.25) is 9.62 Å². The Morgan fingerprint density at radius 2 is 1.80 bits per heavy atom. The second kappa shape index (κ2) is 7.18. The first-order valence-corrected chi connectivity index (χ1v) is 8.34. The number of carboxylic acids is 1. The quantitative estimate of drug-likeness (QED) is 0.827. The predicted molar refractivity (Wildman–Crippen MR) is 89.3 cm³/mol. The number of hydrogen-bond acceptors (Lipinski definition) is 6. The number of aromatic carboxylic acids is 1. The standard InChI is InChI=1S/C15H15N3O6S/c1-18(13-5-3-4-12(17-13)14(19)20)25(22,23)11-8-6-10(7-9-11)16-15(21)24-2/h3-9H,1-2H3,(H,16,21)(H,19,20). The number of carboxylic acid groups (broad SMARTS) is 1. The number of sulfonamides is 1. The number of methoxy groups -OCH3 is 1. The molecule has 2 rings (SSSR count). The van der Waals surface area contributed by atoms with Gasteiger partial charge in [-0.25, -0.2) is 23.0 Å². The van der Waals surface area contributed by atoms with Crippen LogP contribution in [0.15, 0.2) is 47.4 Å². The van der Waals surface area contributed by atoms with Gasteiger partial charge in [-0.2, -0.15) is 0 Å². The zero-order chi connectivity index (χ0) is 18.6. The van der Waals surface area contributed by atoms with Gasteiger partial charge in [0.2, 0.25) is 0 Å². The fourth-order valence-corrected chi connectivity index (χ4v) is 3.02. The molecule has 0 radical (unpaired) electrons. The number of rotatable bonds is 5. The van der Waals surface area contributed by atoms with Crippen LogP contribution in [0.4, 0.5) is 16.3 Å². The Hall–Kier alpha value is -3.14. The summed E-state index contributed by atoms with van der Waals surface area (Å²) < 4.78 is 30.6. The molecule has 0 atom stereocenters. The van der Waals surface area contributed by atoms with E-state index in [4.69, 9.17) is 5.11 Å². The van der Waals surface area contributed by atoms with Crippen LogP contribution in [0.1, 0.15) is 10.5 Å². The molecule has 1 heterocycles. The molecule has 2 aromatic rings. The van der Waals surface area contributed by atoms with Gasteiger partial charge in [-0.05, 0) is 36.4 Å². The molecule has 0 aliphatic rings. The van der Waals surface area contributed by atoms with E-state index < -0.39 is 22.1 Å². The number of pyridine rings is 1. The van der Waals surface area contributed by atoms with Crippen LogP contribution in [-0.2, 0) is 14.8 Å². The maximum atomic E-state index is 12.6. The smallest absolute Gasteiger partial charge is 0.411 e. The molecule has 25 heavy (non-hydrogen) atoms. The number of carbonyl (C=O) groups excluding carboxylic acids is 1. The van der Waals surface area contributed by atoms with E-state index in [0.29, 0.717) is 5.69 Å². The van der Waals surface area contributed by atoms with Crippen LogP contribution in [-0.4, -0.2) is 44.7 Å². The van der Waals surface area contributed by atoms with Crippen molar-refractivity contribution in [2.75, 3.05) is 23.8 Å². The molecule has 1 amide bonds. The van der Waals surface area contributed by atoms with Crippen molar-refractivity contribution in [3.63, 3.8) is 0 Å². The fourth-order valence-electron chi connectivity index (χ4n) is 1.88. The predicted octanol–water partition coefficient (Wildman–Crippen LogP) is 1.78. The topological polar surface area (TPSA) is 126 Å². The van der Waals surface area contributed by atoms with Crippen molar-refractivity contribution in [2.45, 2.75) is 4.90 Å². The van der Waals surface area contributed by atoms with Gasteiger partial charge >= 0.3 is 12.1 Å². The Labute approximate surface area is 143 Å². The molecule has 0 spiro atoms. The van der Waals surface area contributed by atoms with Crippen LogP contribution < -0.4 is 9.62 Å². The molecule has 0 aliphatic carbocycles. The van der Waals surface area contributed by atoms with Crippen molar-refractivity contribution in [1.29, 1.82) is 0 Å². The van der Waals surface area contributed by atoms with E-state index in [9.17, 15) is 18.0 Å². The maximum Gasteiger partial charge on any atom is 0.411 e. The van der Waals surface area contributed by atoms with E-state index in [1.54, 1.807) is 0 Å². The number of benzene rings is 1. The third-order valence-electron chi connectivity index (χ3n) is 3.22. The molecule has 9 nitrogen and oxygen atoms in total. The number of hydrogen-bond donors (Lipinski definition) is 2. The summed E-state index contributed by atoms with van der Waals surface area (Å²) in [5, 5.41) is 11.4. The Bertz CT molecular complexity index is 896. The van der Waals surface area contributed by atoms with Gasteiger partial charge in [0.05, 0.1) is 12.0 Å². The summed E-state index contributed by atoms with van der Waals surface area (Å²) >= 11 is 0. The normalized spacial score (nSPS) is 10.8. The number of anilines is 2. The lowest BCUT2D eigenvalue weighted by atomic mass is 10.3. The van der Waals surface area contributed by atoms with Crippen molar-refractivity contribution in [3.8, 4) is 0 Å². The monoisotopic (exact) mass is 365 g/mol. The molecule has 0 unspecified atom stereocenters. The van der Waals surface area contributed by atoms with Gasteiger partial charge in [-0.15, -0.1) is 0 Å². The summed E-state index contributed by atoms with van der Waals surface area (Å²) in [4.78, 5) is 25.9. The van der Waals surface area contributed by atoms with E-state index in [1.165, 1.54) is 56.6 Å². The lowest BCUT2D eigenvalue weighted by Crippen LogP contribution is -2.27. The molecule has 10 heteroatoms. The lowest BCUT2D eigenvalue weighted by Gasteiger charge is -2.18. The molecule has 1 aromatic heterocycles. The molecule has 2 N–H and O–H groups in total. The third kappa shape index (κ3) is 4.04. The summed E-state index contributed by atoms with van der Waals surface area (Å²) in [5.74, 6) is -1.29. The summed E-state index contributed by atoms with van der Waals surface area (Å²) in [6, 6.07) is 9.46. The van der Waals surface area contributed by atoms with Gasteiger partial charge < -0.3 is 9.84 Å². The number of ether oxygens (including phenoxy) is 1. The van der Waals surface area contributed by atoms with E-state index in [0.717, 1.165) is 4.31 Å². The molecule has 0 aliphatic heterocycles. The van der Waals surface area contributed by atoms with Gasteiger partial charge in [0.15, 0.2) is 5.69 Å². The van der Waals surface area contributed by atoms with E-state index in [1.807, 2.05) is 0 Å². The first-order valence-electron chi connectivity index (χ1n) is 6.90. The highest BCUT2D eigenvalue weighted by Crippen LogP contribution is 2.22. The Kier molecular flexibility index (Phi) is 5.22. The largest absolute Gasteiger partial charge is 0.477 e. The van der Waals surface area contributed by atoms with Gasteiger partial charge in [0, 0.05) is 12.7 Å². The number of nitrogens with zero attached hydrogens (tertiary/aromatic N) is 2. The van der Waals surface area contributed by atoms with E-state index in [2.05, 4.69) is 15.0 Å². The number of nitrogens with one attached hydrogen (secondary N) is 1. The highest BCUT2D eigenvalue weighted by atomic mass is 32.2. The Morgan fingerprint density at radius 1 is 1.16 bits per heavy atom. The van der Waals surface area contributed by atoms with E-state index >= 15 is 0 Å². The van der Waals surface area contributed by atoms with Crippen LogP contribution in [0.25, 0.3) is 0 Å². The molecular formula is C15H15N3O6S. The number of amides is 1. The van der Waals surface area contributed by atoms with Crippen molar-refractivity contribution in [3.05, 3.63) is 48.2 Å². The number of carbonyl (C=O) groups is 2. The average molecular weight is 365 g/mol. The van der Waals surface area contributed by atoms with Crippen molar-refractivity contribution >= 4 is 33.6 Å². The lowest BCUT2D eigenvalue weighted by molar-refractivity contribution is 0.0690. The minimum absolute atomic E-state index is 0.0309. The van der Waals surface area contributed by atoms with Gasteiger partial charge in [0.25, 0.3) is 10.0 Å². The van der Waals surface area contributed by atoms with Crippen molar-refractivity contribution in [2.24, 2.45) is 0 Å². The summed E-state index contributed by atoms with van der Waals surface area (Å²) in [5.41, 5.74) is 0.0941. The van der Waals surface area contributed by atoms with Crippen LogP contribution in [0, 0.1) is 0 Å². The summed E-state index contributed by atoms with van der Waals surface area (Å²) in [6.07, 6.45) is -0.678. The fraction of sp³-hybridized carbons (Fsp3) is 0.133. The molecule has 0 saturated heterocycles. The molecule has 0 bridgehead atoms. The second-order valence-corrected chi connectivity index (χ2v) is 6.77. The molecular weight excluding hydrogens is 350 g/mol. The van der Waals surface area contributed by atoms with Gasteiger partial charge in [-0.1, -0.05) is 6.07 Å². The van der Waals surface area contributed by atoms with Gasteiger partial charge in [0.1, 0.15) is 5.82 Å². The summed E-state index contributed by atoms with van der Waals surface area (Å²) in [7, 11) is -1.47. The average Bonchev–Trinajstić information content (AvgIpc) is 2.61. The minimum atomic E-state index is -3.95. The van der Waals surface area contributed by atoms with Crippen molar-refractivity contribution in [1.82, 2.24) is 4.98 Å². The number of aromatic nitrogens is 1. The highest BCUT2D eigenvalue weighted by molar-refractivity contribution is 7.92. The zero-order valence-electron chi connectivity index (χ0n) is 13.3. The Morgan fingerprint density at radius 3 is 2.36 bits per heavy atom. The second-order valence-electron chi connectivity index (χ2n) is 4.80. The Balaban J connectivity index is 2.30. The molecule has 0 fully saturated rings. The van der Waals surface area contributed by atoms with E-state index in [-0.39, 0.29) is 16.4 Å². The third-order valence-corrected chi connectivity index (χ3v) is 5.00. The minimum Gasteiger partial charge on any atom is -0.477 e. The summed E-state index contributed by atoms with van der Waals surface area (Å²) in [6.45, 7) is 0. The van der Waals surface area contributed by atoms with Crippen LogP contribution in [0.2, 0.25) is 0 Å². The maximum absolute atomic E-state index is 12.6. The first kappa shape index (κ1) is 18.2. The van der Waals surface area contributed by atoms with Crippen LogP contribution >= 0.6 is 0 Å².